The quantitative estimate of drug-likeness (QED) is 0.825. The first-order chi connectivity index (χ1) is 8.65. The second-order valence-corrected chi connectivity index (χ2v) is 5.12. The molecule has 1 atom stereocenters. The van der Waals surface area contributed by atoms with Crippen molar-refractivity contribution in [3.05, 3.63) is 18.0 Å². The number of aromatic nitrogens is 2. The van der Waals surface area contributed by atoms with Gasteiger partial charge in [-0.05, 0) is 18.8 Å². The van der Waals surface area contributed by atoms with Crippen LogP contribution < -0.4 is 5.32 Å². The molecule has 0 saturated heterocycles. The van der Waals surface area contributed by atoms with Crippen molar-refractivity contribution in [2.75, 3.05) is 6.54 Å². The third kappa shape index (κ3) is 3.57. The Morgan fingerprint density at radius 2 is 2.33 bits per heavy atom. The minimum Gasteiger partial charge on any atom is -0.386 e. The van der Waals surface area contributed by atoms with Gasteiger partial charge in [-0.25, -0.2) is 0 Å². The van der Waals surface area contributed by atoms with Gasteiger partial charge in [0.05, 0.1) is 12.3 Å². The Bertz CT molecular complexity index is 397. The van der Waals surface area contributed by atoms with Crippen LogP contribution in [0.5, 0.6) is 0 Å². The lowest BCUT2D eigenvalue weighted by molar-refractivity contribution is -0.122. The maximum atomic E-state index is 11.7. The maximum absolute atomic E-state index is 11.7. The van der Waals surface area contributed by atoms with Crippen molar-refractivity contribution in [2.45, 2.75) is 38.2 Å². The summed E-state index contributed by atoms with van der Waals surface area (Å²) in [5, 5.41) is 16.7. The molecule has 1 fully saturated rings. The van der Waals surface area contributed by atoms with Crippen LogP contribution in [0.25, 0.3) is 0 Å². The molecule has 0 bridgehead atoms. The van der Waals surface area contributed by atoms with E-state index in [4.69, 9.17) is 0 Å². The Morgan fingerprint density at radius 3 is 2.94 bits per heavy atom. The summed E-state index contributed by atoms with van der Waals surface area (Å²) in [5.74, 6) is 0.588. The van der Waals surface area contributed by atoms with Gasteiger partial charge in [0.25, 0.3) is 0 Å². The monoisotopic (exact) mass is 251 g/mol. The fourth-order valence-electron chi connectivity index (χ4n) is 2.49. The summed E-state index contributed by atoms with van der Waals surface area (Å²) in [7, 11) is 1.80. The van der Waals surface area contributed by atoms with E-state index in [1.807, 2.05) is 0 Å². The summed E-state index contributed by atoms with van der Waals surface area (Å²) in [6, 6.07) is 0. The van der Waals surface area contributed by atoms with Crippen LogP contribution >= 0.6 is 0 Å². The second-order valence-electron chi connectivity index (χ2n) is 5.12. The average molecular weight is 251 g/mol. The number of aryl methyl sites for hydroxylation is 1. The first-order valence-corrected chi connectivity index (χ1v) is 6.58. The van der Waals surface area contributed by atoms with Crippen molar-refractivity contribution in [3.8, 4) is 0 Å². The molecule has 1 amide bonds. The first-order valence-electron chi connectivity index (χ1n) is 6.58. The third-order valence-corrected chi connectivity index (χ3v) is 3.55. The lowest BCUT2D eigenvalue weighted by atomic mass is 10.0. The highest BCUT2D eigenvalue weighted by Crippen LogP contribution is 2.27. The number of rotatable bonds is 5. The van der Waals surface area contributed by atoms with E-state index in [0.717, 1.165) is 5.56 Å². The van der Waals surface area contributed by atoms with Crippen molar-refractivity contribution in [3.63, 3.8) is 0 Å². The second kappa shape index (κ2) is 6.00. The van der Waals surface area contributed by atoms with Crippen molar-refractivity contribution in [2.24, 2.45) is 13.0 Å². The zero-order chi connectivity index (χ0) is 13.0. The molecule has 1 aromatic rings. The standard InChI is InChI=1S/C13H21N3O2/c1-16-9-11(7-15-16)12(17)8-14-13(18)6-10-4-2-3-5-10/h7,9-10,12,17H,2-6,8H2,1H3,(H,14,18). The summed E-state index contributed by atoms with van der Waals surface area (Å²) in [6.07, 6.45) is 8.12. The number of aliphatic hydroxyl groups is 1. The molecule has 100 valence electrons. The molecule has 18 heavy (non-hydrogen) atoms. The molecule has 1 aliphatic rings. The van der Waals surface area contributed by atoms with Crippen molar-refractivity contribution < 1.29 is 9.90 Å². The van der Waals surface area contributed by atoms with E-state index in [2.05, 4.69) is 10.4 Å². The van der Waals surface area contributed by atoms with Crippen molar-refractivity contribution >= 4 is 5.91 Å². The topological polar surface area (TPSA) is 67.2 Å². The van der Waals surface area contributed by atoms with Gasteiger partial charge in [0.1, 0.15) is 0 Å². The highest BCUT2D eigenvalue weighted by Gasteiger charge is 2.19. The molecule has 1 aromatic heterocycles. The summed E-state index contributed by atoms with van der Waals surface area (Å²) >= 11 is 0. The van der Waals surface area contributed by atoms with Gasteiger partial charge in [-0.2, -0.15) is 5.10 Å². The van der Waals surface area contributed by atoms with Gasteiger partial charge in [-0.3, -0.25) is 9.48 Å². The van der Waals surface area contributed by atoms with E-state index in [1.165, 1.54) is 25.7 Å². The maximum Gasteiger partial charge on any atom is 0.220 e. The molecule has 0 spiro atoms. The highest BCUT2D eigenvalue weighted by molar-refractivity contribution is 5.76. The number of aliphatic hydroxyl groups excluding tert-OH is 1. The number of carbonyl (C=O) groups is 1. The van der Waals surface area contributed by atoms with Crippen LogP contribution in [0.2, 0.25) is 0 Å². The molecular formula is C13H21N3O2. The average Bonchev–Trinajstić information content (AvgIpc) is 2.97. The van der Waals surface area contributed by atoms with Gasteiger partial charge in [0.15, 0.2) is 0 Å². The normalized spacial score (nSPS) is 17.9. The minimum atomic E-state index is -0.675. The Morgan fingerprint density at radius 1 is 1.61 bits per heavy atom. The van der Waals surface area contributed by atoms with Gasteiger partial charge in [0, 0.05) is 31.8 Å². The Balaban J connectivity index is 1.71. The Kier molecular flexibility index (Phi) is 4.36. The number of nitrogens with zero attached hydrogens (tertiary/aromatic N) is 2. The van der Waals surface area contributed by atoms with Crippen LogP contribution in [-0.2, 0) is 11.8 Å². The molecule has 0 aliphatic heterocycles. The summed E-state index contributed by atoms with van der Waals surface area (Å²) in [4.78, 5) is 11.7. The molecule has 1 saturated carbocycles. The highest BCUT2D eigenvalue weighted by atomic mass is 16.3. The lowest BCUT2D eigenvalue weighted by Crippen LogP contribution is -2.29. The molecule has 1 aliphatic carbocycles. The Hall–Kier alpha value is -1.36. The Labute approximate surface area is 107 Å². The van der Waals surface area contributed by atoms with Crippen molar-refractivity contribution in [1.82, 2.24) is 15.1 Å². The third-order valence-electron chi connectivity index (χ3n) is 3.55. The molecule has 1 heterocycles. The van der Waals surface area contributed by atoms with Crippen LogP contribution in [0.1, 0.15) is 43.8 Å². The molecule has 0 aromatic carbocycles. The van der Waals surface area contributed by atoms with Crippen LogP contribution in [0.4, 0.5) is 0 Å². The van der Waals surface area contributed by atoms with Gasteiger partial charge in [-0.15, -0.1) is 0 Å². The predicted molar refractivity (Wildman–Crippen MR) is 67.8 cm³/mol. The fourth-order valence-corrected chi connectivity index (χ4v) is 2.49. The number of hydrogen-bond donors (Lipinski definition) is 2. The van der Waals surface area contributed by atoms with Gasteiger partial charge < -0.3 is 10.4 Å². The smallest absolute Gasteiger partial charge is 0.220 e. The van der Waals surface area contributed by atoms with Crippen LogP contribution in [0.3, 0.4) is 0 Å². The van der Waals surface area contributed by atoms with Crippen LogP contribution in [0, 0.1) is 5.92 Å². The largest absolute Gasteiger partial charge is 0.386 e. The van der Waals surface area contributed by atoms with E-state index in [9.17, 15) is 9.90 Å². The van der Waals surface area contributed by atoms with E-state index in [1.54, 1.807) is 24.1 Å². The SMILES string of the molecule is Cn1cc(C(O)CNC(=O)CC2CCCC2)cn1. The molecule has 2 N–H and O–H groups in total. The predicted octanol–water partition coefficient (Wildman–Crippen LogP) is 1.15. The zero-order valence-corrected chi connectivity index (χ0v) is 10.8. The van der Waals surface area contributed by atoms with Gasteiger partial charge in [0.2, 0.25) is 5.91 Å². The first kappa shape index (κ1) is 13.1. The fraction of sp³-hybridized carbons (Fsp3) is 0.692. The zero-order valence-electron chi connectivity index (χ0n) is 10.8. The number of carbonyl (C=O) groups excluding carboxylic acids is 1. The molecule has 5 nitrogen and oxygen atoms in total. The summed E-state index contributed by atoms with van der Waals surface area (Å²) < 4.78 is 1.64. The van der Waals surface area contributed by atoms with E-state index >= 15 is 0 Å². The number of hydrogen-bond acceptors (Lipinski definition) is 3. The summed E-state index contributed by atoms with van der Waals surface area (Å²) in [6.45, 7) is 0.261. The van der Waals surface area contributed by atoms with Gasteiger partial charge >= 0.3 is 0 Å². The van der Waals surface area contributed by atoms with Crippen LogP contribution in [-0.4, -0.2) is 27.3 Å². The molecule has 2 rings (SSSR count). The number of amides is 1. The lowest BCUT2D eigenvalue weighted by Gasteiger charge is -2.12. The summed E-state index contributed by atoms with van der Waals surface area (Å²) in [5.41, 5.74) is 0.735. The molecular weight excluding hydrogens is 230 g/mol. The minimum absolute atomic E-state index is 0.0461. The van der Waals surface area contributed by atoms with E-state index in [0.29, 0.717) is 12.3 Å². The van der Waals surface area contributed by atoms with Crippen molar-refractivity contribution in [1.29, 1.82) is 0 Å². The van der Waals surface area contributed by atoms with Gasteiger partial charge in [-0.1, -0.05) is 12.8 Å². The van der Waals surface area contributed by atoms with E-state index < -0.39 is 6.10 Å². The molecule has 0 radical (unpaired) electrons. The van der Waals surface area contributed by atoms with Crippen LogP contribution in [0.15, 0.2) is 12.4 Å². The number of nitrogens with one attached hydrogen (secondary N) is 1. The molecule has 1 unspecified atom stereocenters. The molecule has 5 heteroatoms. The van der Waals surface area contributed by atoms with E-state index in [-0.39, 0.29) is 12.5 Å².